The summed E-state index contributed by atoms with van der Waals surface area (Å²) in [5.74, 6) is 0.751. The summed E-state index contributed by atoms with van der Waals surface area (Å²) in [6.07, 6.45) is 3.99. The third kappa shape index (κ3) is 6.70. The molecule has 0 bridgehead atoms. The highest BCUT2D eigenvalue weighted by molar-refractivity contribution is 14.0. The summed E-state index contributed by atoms with van der Waals surface area (Å²) in [5.41, 5.74) is 1.04. The first-order valence-electron chi connectivity index (χ1n) is 7.56. The Morgan fingerprint density at radius 1 is 1.25 bits per heavy atom. The van der Waals surface area contributed by atoms with Crippen molar-refractivity contribution >= 4 is 41.5 Å². The minimum absolute atomic E-state index is 0. The molecule has 2 rings (SSSR count). The smallest absolute Gasteiger partial charge is 0.191 e. The number of nitrogens with one attached hydrogen (secondary N) is 2. The van der Waals surface area contributed by atoms with Crippen molar-refractivity contribution in [2.45, 2.75) is 12.6 Å². The number of aromatic nitrogens is 1. The second-order valence-corrected chi connectivity index (χ2v) is 5.52. The van der Waals surface area contributed by atoms with E-state index in [1.807, 2.05) is 48.8 Å². The van der Waals surface area contributed by atoms with E-state index in [0.29, 0.717) is 11.6 Å². The highest BCUT2D eigenvalue weighted by Gasteiger charge is 2.11. The number of halogens is 2. The maximum atomic E-state index is 6.04. The molecule has 0 aliphatic heterocycles. The van der Waals surface area contributed by atoms with Gasteiger partial charge in [-0.2, -0.15) is 0 Å². The predicted octanol–water partition coefficient (Wildman–Crippen LogP) is 3.31. The number of hydrogen-bond donors (Lipinski definition) is 2. The van der Waals surface area contributed by atoms with E-state index >= 15 is 0 Å². The molecule has 2 N–H and O–H groups in total. The number of methoxy groups -OCH3 is 1. The summed E-state index contributed by atoms with van der Waals surface area (Å²) in [5, 5.41) is 7.27. The molecular weight excluding hydrogens is 439 g/mol. The van der Waals surface area contributed by atoms with E-state index < -0.39 is 0 Å². The highest BCUT2D eigenvalue weighted by Crippen LogP contribution is 2.19. The summed E-state index contributed by atoms with van der Waals surface area (Å²) in [4.78, 5) is 4.23. The Labute approximate surface area is 165 Å². The summed E-state index contributed by atoms with van der Waals surface area (Å²) < 4.78 is 7.66. The van der Waals surface area contributed by atoms with Crippen LogP contribution in [0.4, 0.5) is 0 Å². The van der Waals surface area contributed by atoms with Crippen LogP contribution < -0.4 is 10.6 Å². The Kier molecular flexibility index (Phi) is 9.82. The lowest BCUT2D eigenvalue weighted by Crippen LogP contribution is -2.40. The van der Waals surface area contributed by atoms with Crippen LogP contribution in [0, 0.1) is 0 Å². The minimum atomic E-state index is -0.0864. The van der Waals surface area contributed by atoms with Gasteiger partial charge >= 0.3 is 0 Å². The van der Waals surface area contributed by atoms with Gasteiger partial charge in [-0.1, -0.05) is 23.7 Å². The van der Waals surface area contributed by atoms with Gasteiger partial charge in [-0.05, 0) is 29.8 Å². The molecule has 0 saturated carbocycles. The molecule has 1 unspecified atom stereocenters. The topological polar surface area (TPSA) is 50.6 Å². The SMILES string of the molecule is CN=C(NCCn1cccc1)NCC(OC)c1cccc(Cl)c1.I. The fraction of sp³-hybridized carbons (Fsp3) is 0.353. The van der Waals surface area contributed by atoms with Crippen LogP contribution in [0.3, 0.4) is 0 Å². The Morgan fingerprint density at radius 3 is 2.62 bits per heavy atom. The maximum absolute atomic E-state index is 6.04. The molecule has 24 heavy (non-hydrogen) atoms. The molecule has 132 valence electrons. The van der Waals surface area contributed by atoms with E-state index in [9.17, 15) is 0 Å². The third-order valence-corrected chi connectivity index (χ3v) is 3.75. The second kappa shape index (κ2) is 11.3. The minimum Gasteiger partial charge on any atom is -0.375 e. The number of rotatable bonds is 7. The standard InChI is InChI=1S/C17H23ClN4O.HI/c1-19-17(20-8-11-22-9-3-4-10-22)21-13-16(23-2)14-6-5-7-15(18)12-14;/h3-7,9-10,12,16H,8,11,13H2,1-2H3,(H2,19,20,21);1H. The van der Waals surface area contributed by atoms with Crippen molar-refractivity contribution in [1.29, 1.82) is 0 Å². The lowest BCUT2D eigenvalue weighted by Gasteiger charge is -2.19. The van der Waals surface area contributed by atoms with Gasteiger partial charge in [0.25, 0.3) is 0 Å². The molecular formula is C17H24ClIN4O. The Hall–Kier alpha value is -1.25. The van der Waals surface area contributed by atoms with E-state index in [4.69, 9.17) is 16.3 Å². The van der Waals surface area contributed by atoms with Gasteiger partial charge in [0.1, 0.15) is 0 Å². The summed E-state index contributed by atoms with van der Waals surface area (Å²) in [6.45, 7) is 2.29. The van der Waals surface area contributed by atoms with E-state index in [1.165, 1.54) is 0 Å². The molecule has 2 aromatic rings. The molecule has 0 aliphatic rings. The van der Waals surface area contributed by atoms with Gasteiger partial charge in [-0.15, -0.1) is 24.0 Å². The van der Waals surface area contributed by atoms with Crippen molar-refractivity contribution in [2.24, 2.45) is 4.99 Å². The van der Waals surface area contributed by atoms with Crippen molar-refractivity contribution in [1.82, 2.24) is 15.2 Å². The average molecular weight is 463 g/mol. The van der Waals surface area contributed by atoms with Crippen LogP contribution in [0.25, 0.3) is 0 Å². The lowest BCUT2D eigenvalue weighted by atomic mass is 10.1. The fourth-order valence-corrected chi connectivity index (χ4v) is 2.48. The van der Waals surface area contributed by atoms with Crippen LogP contribution in [0.5, 0.6) is 0 Å². The van der Waals surface area contributed by atoms with Gasteiger partial charge in [0.05, 0.1) is 6.10 Å². The number of ether oxygens (including phenoxy) is 1. The van der Waals surface area contributed by atoms with Gasteiger partial charge in [-0.3, -0.25) is 4.99 Å². The van der Waals surface area contributed by atoms with Crippen LogP contribution in [-0.4, -0.2) is 37.8 Å². The van der Waals surface area contributed by atoms with E-state index in [2.05, 4.69) is 20.2 Å². The number of nitrogens with zero attached hydrogens (tertiary/aromatic N) is 2. The van der Waals surface area contributed by atoms with Gasteiger partial charge in [0, 0.05) is 51.2 Å². The number of benzene rings is 1. The Balaban J connectivity index is 0.00000288. The molecule has 7 heteroatoms. The predicted molar refractivity (Wildman–Crippen MR) is 110 cm³/mol. The molecule has 1 aromatic carbocycles. The van der Waals surface area contributed by atoms with Gasteiger partial charge in [-0.25, -0.2) is 0 Å². The molecule has 1 heterocycles. The average Bonchev–Trinajstić information content (AvgIpc) is 3.07. The molecule has 0 fully saturated rings. The molecule has 0 radical (unpaired) electrons. The van der Waals surface area contributed by atoms with Crippen LogP contribution in [-0.2, 0) is 11.3 Å². The van der Waals surface area contributed by atoms with Crippen LogP contribution in [0.2, 0.25) is 5.02 Å². The van der Waals surface area contributed by atoms with E-state index in [-0.39, 0.29) is 30.1 Å². The number of guanidine groups is 1. The van der Waals surface area contributed by atoms with Crippen LogP contribution >= 0.6 is 35.6 Å². The zero-order valence-electron chi connectivity index (χ0n) is 13.9. The molecule has 0 saturated heterocycles. The quantitative estimate of drug-likeness (QED) is 0.377. The van der Waals surface area contributed by atoms with Gasteiger partial charge < -0.3 is 19.9 Å². The van der Waals surface area contributed by atoms with Gasteiger partial charge in [0.15, 0.2) is 5.96 Å². The first-order valence-corrected chi connectivity index (χ1v) is 7.94. The summed E-state index contributed by atoms with van der Waals surface area (Å²) in [6, 6.07) is 11.7. The monoisotopic (exact) mass is 462 g/mol. The normalized spacial score (nSPS) is 12.4. The number of hydrogen-bond acceptors (Lipinski definition) is 2. The zero-order valence-corrected chi connectivity index (χ0v) is 17.0. The van der Waals surface area contributed by atoms with Crippen LogP contribution in [0.1, 0.15) is 11.7 Å². The molecule has 1 aromatic heterocycles. The fourth-order valence-electron chi connectivity index (χ4n) is 2.28. The molecule has 5 nitrogen and oxygen atoms in total. The Bertz CT molecular complexity index is 619. The zero-order chi connectivity index (χ0) is 16.5. The van der Waals surface area contributed by atoms with Crippen molar-refractivity contribution in [3.05, 3.63) is 59.4 Å². The summed E-state index contributed by atoms with van der Waals surface area (Å²) >= 11 is 6.04. The second-order valence-electron chi connectivity index (χ2n) is 5.08. The molecule has 0 spiro atoms. The first kappa shape index (κ1) is 20.8. The highest BCUT2D eigenvalue weighted by atomic mass is 127. The number of aliphatic imine (C=N–C) groups is 1. The maximum Gasteiger partial charge on any atom is 0.191 e. The van der Waals surface area contributed by atoms with Gasteiger partial charge in [0.2, 0.25) is 0 Å². The van der Waals surface area contributed by atoms with Crippen LogP contribution in [0.15, 0.2) is 53.8 Å². The van der Waals surface area contributed by atoms with Crippen molar-refractivity contribution in [3.8, 4) is 0 Å². The van der Waals surface area contributed by atoms with Crippen molar-refractivity contribution in [3.63, 3.8) is 0 Å². The largest absolute Gasteiger partial charge is 0.375 e. The van der Waals surface area contributed by atoms with E-state index in [0.717, 1.165) is 24.6 Å². The molecule has 0 aliphatic carbocycles. The summed E-state index contributed by atoms with van der Waals surface area (Å²) in [7, 11) is 3.45. The molecule has 0 amide bonds. The molecule has 1 atom stereocenters. The first-order chi connectivity index (χ1) is 11.2. The Morgan fingerprint density at radius 2 is 2.00 bits per heavy atom. The third-order valence-electron chi connectivity index (χ3n) is 3.51. The van der Waals surface area contributed by atoms with E-state index in [1.54, 1.807) is 14.2 Å². The lowest BCUT2D eigenvalue weighted by molar-refractivity contribution is 0.106. The van der Waals surface area contributed by atoms with Crippen molar-refractivity contribution < 1.29 is 4.74 Å². The van der Waals surface area contributed by atoms with Crippen molar-refractivity contribution in [2.75, 3.05) is 27.2 Å².